The van der Waals surface area contributed by atoms with Crippen LogP contribution in [0.3, 0.4) is 0 Å². The van der Waals surface area contributed by atoms with E-state index in [1.807, 2.05) is 0 Å². The van der Waals surface area contributed by atoms with E-state index in [0.29, 0.717) is 13.1 Å². The van der Waals surface area contributed by atoms with Crippen LogP contribution in [-0.2, 0) is 22.9 Å². The number of hydrogen-bond donors (Lipinski definition) is 2. The molecule has 0 unspecified atom stereocenters. The fourth-order valence-corrected chi connectivity index (χ4v) is 2.74. The fourth-order valence-electron chi connectivity index (χ4n) is 2.27. The third kappa shape index (κ3) is 4.43. The maximum Gasteiger partial charge on any atom is 0.208 e. The molecular weight excluding hydrogens is 264 g/mol. The van der Waals surface area contributed by atoms with E-state index in [9.17, 15) is 8.42 Å². The first-order valence-electron chi connectivity index (χ1n) is 6.57. The van der Waals surface area contributed by atoms with Crippen LogP contribution in [-0.4, -0.2) is 37.7 Å². The molecule has 1 aliphatic carbocycles. The number of rotatable bonds is 5. The maximum absolute atomic E-state index is 11.0. The second-order valence-electron chi connectivity index (χ2n) is 4.80. The molecule has 1 heterocycles. The number of anilines is 1. The van der Waals surface area contributed by atoms with E-state index in [-0.39, 0.29) is 0 Å². The van der Waals surface area contributed by atoms with Gasteiger partial charge in [-0.1, -0.05) is 6.42 Å². The van der Waals surface area contributed by atoms with Gasteiger partial charge in [-0.3, -0.25) is 0 Å². The maximum atomic E-state index is 11.0. The van der Waals surface area contributed by atoms with Crippen molar-refractivity contribution in [2.24, 2.45) is 0 Å². The summed E-state index contributed by atoms with van der Waals surface area (Å²) in [5.74, 6) is 0.849. The topological polar surface area (TPSA) is 84.0 Å². The highest BCUT2D eigenvalue weighted by molar-refractivity contribution is 7.88. The van der Waals surface area contributed by atoms with E-state index in [0.717, 1.165) is 37.0 Å². The molecule has 1 aromatic heterocycles. The van der Waals surface area contributed by atoms with Crippen molar-refractivity contribution in [2.75, 3.05) is 24.7 Å². The number of nitrogens with zero attached hydrogens (tertiary/aromatic N) is 2. The Balaban J connectivity index is 1.97. The highest BCUT2D eigenvalue weighted by Crippen LogP contribution is 2.23. The zero-order valence-corrected chi connectivity index (χ0v) is 12.0. The van der Waals surface area contributed by atoms with Crippen LogP contribution < -0.4 is 10.0 Å². The van der Waals surface area contributed by atoms with E-state index in [2.05, 4.69) is 20.0 Å². The zero-order chi connectivity index (χ0) is 13.7. The molecule has 0 fully saturated rings. The van der Waals surface area contributed by atoms with Crippen molar-refractivity contribution >= 4 is 15.8 Å². The molecule has 0 bridgehead atoms. The molecule has 1 aromatic rings. The number of fused-ring (bicyclic) bond motifs is 1. The van der Waals surface area contributed by atoms with Gasteiger partial charge in [0, 0.05) is 24.3 Å². The van der Waals surface area contributed by atoms with Gasteiger partial charge in [-0.2, -0.15) is 0 Å². The van der Waals surface area contributed by atoms with E-state index in [1.54, 1.807) is 6.33 Å². The number of aryl methyl sites for hydroxylation is 1. The van der Waals surface area contributed by atoms with Crippen molar-refractivity contribution in [3.05, 3.63) is 17.6 Å². The summed E-state index contributed by atoms with van der Waals surface area (Å²) in [6.07, 6.45) is 8.31. The SMILES string of the molecule is CS(=O)(=O)NCCNc1ncnc2c1CCCCC2. The van der Waals surface area contributed by atoms with Crippen molar-refractivity contribution < 1.29 is 8.42 Å². The predicted molar refractivity (Wildman–Crippen MR) is 74.6 cm³/mol. The summed E-state index contributed by atoms with van der Waals surface area (Å²) in [5, 5.41) is 3.20. The van der Waals surface area contributed by atoms with Crippen LogP contribution in [0.1, 0.15) is 30.5 Å². The molecule has 2 rings (SSSR count). The number of hydrogen-bond acceptors (Lipinski definition) is 5. The average Bonchev–Trinajstić information content (AvgIpc) is 2.59. The second-order valence-corrected chi connectivity index (χ2v) is 6.63. The first-order chi connectivity index (χ1) is 9.06. The molecule has 2 N–H and O–H groups in total. The third-order valence-electron chi connectivity index (χ3n) is 3.16. The van der Waals surface area contributed by atoms with Gasteiger partial charge in [0.15, 0.2) is 0 Å². The van der Waals surface area contributed by atoms with Crippen molar-refractivity contribution in [3.8, 4) is 0 Å². The Morgan fingerprint density at radius 2 is 1.95 bits per heavy atom. The lowest BCUT2D eigenvalue weighted by atomic mass is 10.1. The van der Waals surface area contributed by atoms with E-state index in [1.165, 1.54) is 18.4 Å². The summed E-state index contributed by atoms with van der Waals surface area (Å²) < 4.78 is 24.4. The van der Waals surface area contributed by atoms with Crippen LogP contribution in [0.15, 0.2) is 6.33 Å². The standard InChI is InChI=1S/C12H20N4O2S/c1-19(17,18)16-8-7-13-12-10-5-3-2-4-6-11(10)14-9-15-12/h9,16H,2-8H2,1H3,(H,13,14,15). The molecule has 0 amide bonds. The summed E-state index contributed by atoms with van der Waals surface area (Å²) in [6.45, 7) is 0.883. The van der Waals surface area contributed by atoms with Gasteiger partial charge in [0.05, 0.1) is 6.26 Å². The van der Waals surface area contributed by atoms with Crippen LogP contribution in [0.5, 0.6) is 0 Å². The van der Waals surface area contributed by atoms with E-state index < -0.39 is 10.0 Å². The predicted octanol–water partition coefficient (Wildman–Crippen LogP) is 0.707. The van der Waals surface area contributed by atoms with Gasteiger partial charge in [-0.05, 0) is 25.7 Å². The molecule has 0 radical (unpaired) electrons. The van der Waals surface area contributed by atoms with Gasteiger partial charge in [-0.15, -0.1) is 0 Å². The normalized spacial score (nSPS) is 15.6. The minimum Gasteiger partial charge on any atom is -0.368 e. The van der Waals surface area contributed by atoms with Gasteiger partial charge < -0.3 is 5.32 Å². The van der Waals surface area contributed by atoms with Crippen LogP contribution in [0, 0.1) is 0 Å². The van der Waals surface area contributed by atoms with Crippen LogP contribution in [0.25, 0.3) is 0 Å². The Labute approximate surface area is 114 Å². The van der Waals surface area contributed by atoms with Gasteiger partial charge >= 0.3 is 0 Å². The smallest absolute Gasteiger partial charge is 0.208 e. The third-order valence-corrected chi connectivity index (χ3v) is 3.89. The lowest BCUT2D eigenvalue weighted by Crippen LogP contribution is -2.28. The Hall–Kier alpha value is -1.21. The van der Waals surface area contributed by atoms with Crippen LogP contribution in [0.2, 0.25) is 0 Å². The van der Waals surface area contributed by atoms with Crippen molar-refractivity contribution in [3.63, 3.8) is 0 Å². The lowest BCUT2D eigenvalue weighted by molar-refractivity contribution is 0.589. The molecule has 7 heteroatoms. The molecule has 6 nitrogen and oxygen atoms in total. The minimum absolute atomic E-state index is 0.359. The van der Waals surface area contributed by atoms with Gasteiger partial charge in [0.1, 0.15) is 12.1 Å². The lowest BCUT2D eigenvalue weighted by Gasteiger charge is -2.12. The van der Waals surface area contributed by atoms with Gasteiger partial charge in [0.25, 0.3) is 0 Å². The van der Waals surface area contributed by atoms with Crippen molar-refractivity contribution in [1.82, 2.24) is 14.7 Å². The summed E-state index contributed by atoms with van der Waals surface area (Å²) in [4.78, 5) is 8.61. The first kappa shape index (κ1) is 14.2. The molecule has 0 atom stereocenters. The first-order valence-corrected chi connectivity index (χ1v) is 8.46. The molecule has 19 heavy (non-hydrogen) atoms. The highest BCUT2D eigenvalue weighted by atomic mass is 32.2. The highest BCUT2D eigenvalue weighted by Gasteiger charge is 2.13. The van der Waals surface area contributed by atoms with Crippen molar-refractivity contribution in [2.45, 2.75) is 32.1 Å². The summed E-state index contributed by atoms with van der Waals surface area (Å²) in [6, 6.07) is 0. The number of sulfonamides is 1. The molecule has 106 valence electrons. The molecule has 0 aromatic carbocycles. The number of nitrogens with one attached hydrogen (secondary N) is 2. The molecule has 0 aliphatic heterocycles. The van der Waals surface area contributed by atoms with E-state index in [4.69, 9.17) is 0 Å². The molecule has 1 aliphatic rings. The Kier molecular flexibility index (Phi) is 4.71. The zero-order valence-electron chi connectivity index (χ0n) is 11.1. The largest absolute Gasteiger partial charge is 0.368 e. The Morgan fingerprint density at radius 1 is 1.16 bits per heavy atom. The van der Waals surface area contributed by atoms with Gasteiger partial charge in [0.2, 0.25) is 10.0 Å². The summed E-state index contributed by atoms with van der Waals surface area (Å²) in [5.41, 5.74) is 2.32. The molecule has 0 spiro atoms. The quantitative estimate of drug-likeness (QED) is 0.614. The molecular formula is C12H20N4O2S. The van der Waals surface area contributed by atoms with Gasteiger partial charge in [-0.25, -0.2) is 23.1 Å². The van der Waals surface area contributed by atoms with E-state index >= 15 is 0 Å². The number of aromatic nitrogens is 2. The van der Waals surface area contributed by atoms with Crippen LogP contribution >= 0.6 is 0 Å². The molecule has 0 saturated heterocycles. The van der Waals surface area contributed by atoms with Crippen molar-refractivity contribution in [1.29, 1.82) is 0 Å². The fraction of sp³-hybridized carbons (Fsp3) is 0.667. The average molecular weight is 284 g/mol. The minimum atomic E-state index is -3.12. The van der Waals surface area contributed by atoms with Crippen LogP contribution in [0.4, 0.5) is 5.82 Å². The Bertz CT molecular complexity index is 531. The monoisotopic (exact) mass is 284 g/mol. The summed E-state index contributed by atoms with van der Waals surface area (Å²) in [7, 11) is -3.12. The Morgan fingerprint density at radius 3 is 2.74 bits per heavy atom. The second kappa shape index (κ2) is 6.29. The summed E-state index contributed by atoms with van der Waals surface area (Å²) >= 11 is 0. The molecule has 0 saturated carbocycles.